The molecule has 0 spiro atoms. The maximum atomic E-state index is 9.65. The number of aliphatic hydroxyl groups is 2. The highest BCUT2D eigenvalue weighted by Crippen LogP contribution is 2.23. The second kappa shape index (κ2) is 5.74. The SMILES string of the molecule is CN[C@H]1C(OC)[C@H](OC)C(CO)O[C@H]1O. The Morgan fingerprint density at radius 2 is 1.87 bits per heavy atom. The second-order valence-electron chi connectivity index (χ2n) is 3.46. The lowest BCUT2D eigenvalue weighted by atomic mass is 9.97. The van der Waals surface area contributed by atoms with Crippen LogP contribution in [0.4, 0.5) is 0 Å². The Kier molecular flexibility index (Phi) is 4.91. The third-order valence-corrected chi connectivity index (χ3v) is 2.72. The monoisotopic (exact) mass is 221 g/mol. The van der Waals surface area contributed by atoms with Gasteiger partial charge in [-0.2, -0.15) is 0 Å². The molecule has 0 aliphatic carbocycles. The molecule has 0 bridgehead atoms. The number of hydrogen-bond acceptors (Lipinski definition) is 6. The minimum Gasteiger partial charge on any atom is -0.394 e. The van der Waals surface area contributed by atoms with E-state index in [-0.39, 0.29) is 18.8 Å². The molecule has 0 aromatic carbocycles. The Bertz CT molecular complexity index is 191. The molecule has 0 amide bonds. The van der Waals surface area contributed by atoms with E-state index in [9.17, 15) is 5.11 Å². The average molecular weight is 221 g/mol. The first-order chi connectivity index (χ1) is 7.19. The summed E-state index contributed by atoms with van der Waals surface area (Å²) in [6.07, 6.45) is -2.34. The highest BCUT2D eigenvalue weighted by molar-refractivity contribution is 4.93. The molecule has 5 atom stereocenters. The minimum atomic E-state index is -1.01. The van der Waals surface area contributed by atoms with Crippen molar-refractivity contribution in [3.8, 4) is 0 Å². The summed E-state index contributed by atoms with van der Waals surface area (Å²) < 4.78 is 15.7. The summed E-state index contributed by atoms with van der Waals surface area (Å²) >= 11 is 0. The summed E-state index contributed by atoms with van der Waals surface area (Å²) in [7, 11) is 4.76. The van der Waals surface area contributed by atoms with Gasteiger partial charge in [0.15, 0.2) is 6.29 Å². The molecule has 1 rings (SSSR count). The zero-order valence-electron chi connectivity index (χ0n) is 9.21. The molecular weight excluding hydrogens is 202 g/mol. The van der Waals surface area contributed by atoms with Crippen molar-refractivity contribution < 1.29 is 24.4 Å². The molecule has 0 aromatic heterocycles. The van der Waals surface area contributed by atoms with Crippen molar-refractivity contribution in [2.45, 2.75) is 30.6 Å². The maximum absolute atomic E-state index is 9.65. The van der Waals surface area contributed by atoms with E-state index < -0.39 is 18.5 Å². The molecule has 0 aromatic rings. The van der Waals surface area contributed by atoms with Gasteiger partial charge in [-0.25, -0.2) is 0 Å². The average Bonchev–Trinajstić information content (AvgIpc) is 2.27. The molecular formula is C9H19NO5. The zero-order valence-corrected chi connectivity index (χ0v) is 9.21. The van der Waals surface area contributed by atoms with Gasteiger partial charge in [0.05, 0.1) is 12.6 Å². The van der Waals surface area contributed by atoms with E-state index in [0.717, 1.165) is 0 Å². The largest absolute Gasteiger partial charge is 0.394 e. The fourth-order valence-electron chi connectivity index (χ4n) is 1.94. The molecule has 2 unspecified atom stereocenters. The van der Waals surface area contributed by atoms with E-state index >= 15 is 0 Å². The van der Waals surface area contributed by atoms with E-state index in [2.05, 4.69) is 5.32 Å². The van der Waals surface area contributed by atoms with Crippen LogP contribution in [0, 0.1) is 0 Å². The molecule has 1 aliphatic heterocycles. The second-order valence-corrected chi connectivity index (χ2v) is 3.46. The van der Waals surface area contributed by atoms with E-state index in [4.69, 9.17) is 19.3 Å². The molecule has 0 saturated carbocycles. The Hall–Kier alpha value is -0.240. The fourth-order valence-corrected chi connectivity index (χ4v) is 1.94. The van der Waals surface area contributed by atoms with Crippen molar-refractivity contribution in [1.82, 2.24) is 5.32 Å². The van der Waals surface area contributed by atoms with Crippen molar-refractivity contribution in [3.63, 3.8) is 0 Å². The van der Waals surface area contributed by atoms with Crippen LogP contribution in [0.3, 0.4) is 0 Å². The van der Waals surface area contributed by atoms with Gasteiger partial charge in [-0.15, -0.1) is 0 Å². The van der Waals surface area contributed by atoms with Gasteiger partial charge in [0, 0.05) is 14.2 Å². The standard InChI is InChI=1S/C9H19NO5/c1-10-6-8(14-3)7(13-2)5(4-11)15-9(6)12/h5-12H,4H2,1-3H3/t5?,6-,7+,8?,9+/m0/s1. The maximum Gasteiger partial charge on any atom is 0.173 e. The highest BCUT2D eigenvalue weighted by atomic mass is 16.6. The number of aliphatic hydroxyl groups excluding tert-OH is 2. The summed E-state index contributed by atoms with van der Waals surface area (Å²) in [5, 5.41) is 21.6. The normalized spacial score (nSPS) is 41.8. The van der Waals surface area contributed by atoms with Crippen LogP contribution in [0.25, 0.3) is 0 Å². The van der Waals surface area contributed by atoms with Crippen LogP contribution in [0.15, 0.2) is 0 Å². The van der Waals surface area contributed by atoms with Crippen LogP contribution in [0.2, 0.25) is 0 Å². The molecule has 1 aliphatic rings. The van der Waals surface area contributed by atoms with Gasteiger partial charge in [-0.3, -0.25) is 0 Å². The van der Waals surface area contributed by atoms with Crippen LogP contribution >= 0.6 is 0 Å². The van der Waals surface area contributed by atoms with Crippen LogP contribution in [-0.4, -0.2) is 68.7 Å². The van der Waals surface area contributed by atoms with E-state index in [1.54, 1.807) is 7.05 Å². The number of hydrogen-bond donors (Lipinski definition) is 3. The topological polar surface area (TPSA) is 80.2 Å². The summed E-state index contributed by atoms with van der Waals surface area (Å²) in [6, 6.07) is -0.372. The predicted molar refractivity (Wildman–Crippen MR) is 52.4 cm³/mol. The van der Waals surface area contributed by atoms with Crippen molar-refractivity contribution in [2.24, 2.45) is 0 Å². The van der Waals surface area contributed by atoms with E-state index in [1.165, 1.54) is 14.2 Å². The molecule has 6 nitrogen and oxygen atoms in total. The van der Waals surface area contributed by atoms with Crippen molar-refractivity contribution in [1.29, 1.82) is 0 Å². The smallest absolute Gasteiger partial charge is 0.173 e. The summed E-state index contributed by atoms with van der Waals surface area (Å²) in [5.41, 5.74) is 0. The van der Waals surface area contributed by atoms with E-state index in [1.807, 2.05) is 0 Å². The molecule has 6 heteroatoms. The number of likely N-dealkylation sites (N-methyl/N-ethyl adjacent to an activating group) is 1. The minimum absolute atomic E-state index is 0.216. The van der Waals surface area contributed by atoms with Gasteiger partial charge < -0.3 is 29.7 Å². The van der Waals surface area contributed by atoms with Gasteiger partial charge >= 0.3 is 0 Å². The predicted octanol–water partition coefficient (Wildman–Crippen LogP) is -1.69. The summed E-state index contributed by atoms with van der Waals surface area (Å²) in [4.78, 5) is 0. The molecule has 90 valence electrons. The molecule has 0 radical (unpaired) electrons. The lowest BCUT2D eigenvalue weighted by molar-refractivity contribution is -0.263. The zero-order chi connectivity index (χ0) is 11.4. The van der Waals surface area contributed by atoms with Gasteiger partial charge in [0.1, 0.15) is 18.3 Å². The van der Waals surface area contributed by atoms with Crippen molar-refractivity contribution >= 4 is 0 Å². The van der Waals surface area contributed by atoms with Gasteiger partial charge in [0.2, 0.25) is 0 Å². The Morgan fingerprint density at radius 1 is 1.27 bits per heavy atom. The highest BCUT2D eigenvalue weighted by Gasteiger charge is 2.45. The molecule has 1 saturated heterocycles. The number of rotatable bonds is 4. The summed E-state index contributed by atoms with van der Waals surface area (Å²) in [6.45, 7) is -0.216. The summed E-state index contributed by atoms with van der Waals surface area (Å²) in [5.74, 6) is 0. The molecule has 15 heavy (non-hydrogen) atoms. The van der Waals surface area contributed by atoms with Gasteiger partial charge in [-0.05, 0) is 7.05 Å². The van der Waals surface area contributed by atoms with Gasteiger partial charge in [-0.1, -0.05) is 0 Å². The van der Waals surface area contributed by atoms with Crippen LogP contribution in [0.5, 0.6) is 0 Å². The lowest BCUT2D eigenvalue weighted by Gasteiger charge is -2.43. The number of methoxy groups -OCH3 is 2. The lowest BCUT2D eigenvalue weighted by Crippen LogP contribution is -2.63. The first-order valence-corrected chi connectivity index (χ1v) is 4.86. The van der Waals surface area contributed by atoms with Crippen molar-refractivity contribution in [2.75, 3.05) is 27.9 Å². The number of nitrogens with one attached hydrogen (secondary N) is 1. The Labute approximate surface area is 89.1 Å². The van der Waals surface area contributed by atoms with Crippen LogP contribution in [0.1, 0.15) is 0 Å². The van der Waals surface area contributed by atoms with Crippen molar-refractivity contribution in [3.05, 3.63) is 0 Å². The van der Waals surface area contributed by atoms with Crippen LogP contribution in [-0.2, 0) is 14.2 Å². The first kappa shape index (κ1) is 12.8. The molecule has 1 fully saturated rings. The Balaban J connectivity index is 2.80. The van der Waals surface area contributed by atoms with Gasteiger partial charge in [0.25, 0.3) is 0 Å². The number of ether oxygens (including phenoxy) is 3. The molecule has 3 N–H and O–H groups in total. The van der Waals surface area contributed by atoms with E-state index in [0.29, 0.717) is 0 Å². The fraction of sp³-hybridized carbons (Fsp3) is 1.00. The first-order valence-electron chi connectivity index (χ1n) is 4.86. The quantitative estimate of drug-likeness (QED) is 0.526. The third-order valence-electron chi connectivity index (χ3n) is 2.72. The molecule has 1 heterocycles. The van der Waals surface area contributed by atoms with Crippen LogP contribution < -0.4 is 5.32 Å². The third kappa shape index (κ3) is 2.47. The Morgan fingerprint density at radius 3 is 2.27 bits per heavy atom.